The van der Waals surface area contributed by atoms with Gasteiger partial charge in [-0.3, -0.25) is 4.79 Å². The normalized spacial score (nSPS) is 18.5. The van der Waals surface area contributed by atoms with Crippen molar-refractivity contribution < 1.29 is 9.90 Å². The number of nitrogens with one attached hydrogen (secondary N) is 1. The third-order valence-electron chi connectivity index (χ3n) is 4.49. The predicted molar refractivity (Wildman–Crippen MR) is 98.9 cm³/mol. The first-order chi connectivity index (χ1) is 12.7. The highest BCUT2D eigenvalue weighted by molar-refractivity contribution is 7.17. The van der Waals surface area contributed by atoms with Crippen molar-refractivity contribution in [2.75, 3.05) is 0 Å². The van der Waals surface area contributed by atoms with Gasteiger partial charge in [-0.2, -0.15) is 0 Å². The number of rotatable bonds is 4. The molecule has 26 heavy (non-hydrogen) atoms. The molecule has 2 atom stereocenters. The van der Waals surface area contributed by atoms with Crippen molar-refractivity contribution in [1.29, 1.82) is 0 Å². The number of aromatic nitrogens is 3. The minimum Gasteiger partial charge on any atom is -0.390 e. The lowest BCUT2D eigenvalue weighted by Gasteiger charge is -2.17. The second kappa shape index (κ2) is 6.93. The fraction of sp³-hybridized carbons (Fsp3) is 0.263. The molecule has 7 heteroatoms. The van der Waals surface area contributed by atoms with Crippen molar-refractivity contribution >= 4 is 17.2 Å². The lowest BCUT2D eigenvalue weighted by Crippen LogP contribution is -2.33. The van der Waals surface area contributed by atoms with Crippen LogP contribution in [0.4, 0.5) is 0 Å². The highest BCUT2D eigenvalue weighted by Crippen LogP contribution is 2.32. The third kappa shape index (κ3) is 3.00. The largest absolute Gasteiger partial charge is 0.390 e. The van der Waals surface area contributed by atoms with Crippen LogP contribution in [0, 0.1) is 0 Å². The molecule has 0 aliphatic heterocycles. The highest BCUT2D eigenvalue weighted by atomic mass is 32.1. The van der Waals surface area contributed by atoms with Gasteiger partial charge in [0.15, 0.2) is 10.8 Å². The fourth-order valence-corrected chi connectivity index (χ4v) is 4.23. The maximum atomic E-state index is 12.9. The van der Waals surface area contributed by atoms with Gasteiger partial charge in [-0.25, -0.2) is 15.0 Å². The summed E-state index contributed by atoms with van der Waals surface area (Å²) in [6, 6.07) is 9.14. The van der Waals surface area contributed by atoms with Crippen molar-refractivity contribution in [1.82, 2.24) is 20.3 Å². The molecule has 2 heterocycles. The number of hydrogen-bond donors (Lipinski definition) is 2. The van der Waals surface area contributed by atoms with Gasteiger partial charge in [0.1, 0.15) is 4.88 Å². The van der Waals surface area contributed by atoms with Gasteiger partial charge in [0.2, 0.25) is 0 Å². The van der Waals surface area contributed by atoms with Crippen LogP contribution in [-0.2, 0) is 12.8 Å². The van der Waals surface area contributed by atoms with Gasteiger partial charge in [-0.05, 0) is 23.6 Å². The summed E-state index contributed by atoms with van der Waals surface area (Å²) < 4.78 is 0. The maximum absolute atomic E-state index is 12.9. The molecule has 0 saturated carbocycles. The van der Waals surface area contributed by atoms with Crippen LogP contribution in [0.1, 0.15) is 39.5 Å². The number of carbonyl (C=O) groups is 1. The van der Waals surface area contributed by atoms with Crippen LogP contribution in [0.2, 0.25) is 0 Å². The molecule has 1 aromatic carbocycles. The zero-order valence-electron chi connectivity index (χ0n) is 14.2. The predicted octanol–water partition coefficient (Wildman–Crippen LogP) is 2.55. The minimum absolute atomic E-state index is 0.220. The first-order valence-corrected chi connectivity index (χ1v) is 9.33. The number of fused-ring (bicyclic) bond motifs is 1. The first-order valence-electron chi connectivity index (χ1n) is 8.51. The number of aryl methyl sites for hydroxylation is 1. The van der Waals surface area contributed by atoms with Gasteiger partial charge >= 0.3 is 0 Å². The molecule has 132 valence electrons. The van der Waals surface area contributed by atoms with E-state index in [0.717, 1.165) is 16.8 Å². The Morgan fingerprint density at radius 3 is 2.81 bits per heavy atom. The third-order valence-corrected chi connectivity index (χ3v) is 5.58. The molecular weight excluding hydrogens is 348 g/mol. The smallest absolute Gasteiger partial charge is 0.263 e. The number of amides is 1. The standard InChI is InChI=1S/C19H18N4O2S/c1-2-13-16(26-19(22-13)17-20-8-5-9-21-17)18(25)23-15-12-7-4-3-6-11(12)10-14(15)24/h3-9,14-15,24H,2,10H2,1H3,(H,23,25)/t14-,15+/m0/s1. The van der Waals surface area contributed by atoms with Crippen molar-refractivity contribution in [3.8, 4) is 10.8 Å². The van der Waals surface area contributed by atoms with Crippen LogP contribution in [0.3, 0.4) is 0 Å². The van der Waals surface area contributed by atoms with Crippen LogP contribution < -0.4 is 5.32 Å². The quantitative estimate of drug-likeness (QED) is 0.741. The number of benzene rings is 1. The summed E-state index contributed by atoms with van der Waals surface area (Å²) in [6.07, 6.45) is 3.87. The summed E-state index contributed by atoms with van der Waals surface area (Å²) in [5, 5.41) is 14.0. The second-order valence-corrected chi connectivity index (χ2v) is 7.14. The molecule has 1 aliphatic carbocycles. The zero-order valence-corrected chi connectivity index (χ0v) is 15.0. The Labute approximate surface area is 155 Å². The van der Waals surface area contributed by atoms with Gasteiger partial charge in [0.25, 0.3) is 5.91 Å². The van der Waals surface area contributed by atoms with Crippen LogP contribution in [0.15, 0.2) is 42.7 Å². The summed E-state index contributed by atoms with van der Waals surface area (Å²) in [5.74, 6) is 0.291. The summed E-state index contributed by atoms with van der Waals surface area (Å²) >= 11 is 1.28. The molecule has 4 rings (SSSR count). The summed E-state index contributed by atoms with van der Waals surface area (Å²) in [5.41, 5.74) is 2.77. The van der Waals surface area contributed by atoms with E-state index in [-0.39, 0.29) is 5.91 Å². The molecule has 3 aromatic rings. The fourth-order valence-electron chi connectivity index (χ4n) is 3.23. The molecule has 0 saturated heterocycles. The van der Waals surface area contributed by atoms with Gasteiger partial charge in [-0.1, -0.05) is 31.2 Å². The SMILES string of the molecule is CCc1nc(-c2ncccn2)sc1C(=O)N[C@@H]1c2ccccc2C[C@@H]1O. The van der Waals surface area contributed by atoms with Gasteiger partial charge in [0, 0.05) is 18.8 Å². The van der Waals surface area contributed by atoms with E-state index in [2.05, 4.69) is 20.3 Å². The molecule has 0 radical (unpaired) electrons. The van der Waals surface area contributed by atoms with Gasteiger partial charge in [0.05, 0.1) is 17.8 Å². The lowest BCUT2D eigenvalue weighted by atomic mass is 10.1. The summed E-state index contributed by atoms with van der Waals surface area (Å²) in [4.78, 5) is 26.4. The van der Waals surface area contributed by atoms with Gasteiger partial charge < -0.3 is 10.4 Å². The van der Waals surface area contributed by atoms with E-state index in [4.69, 9.17) is 0 Å². The van der Waals surface area contributed by atoms with Crippen molar-refractivity contribution in [3.63, 3.8) is 0 Å². The average molecular weight is 366 g/mol. The summed E-state index contributed by atoms with van der Waals surface area (Å²) in [7, 11) is 0. The maximum Gasteiger partial charge on any atom is 0.263 e. The van der Waals surface area contributed by atoms with Crippen LogP contribution in [0.25, 0.3) is 10.8 Å². The average Bonchev–Trinajstić information content (AvgIpc) is 3.24. The Balaban J connectivity index is 1.62. The number of aliphatic hydroxyl groups is 1. The number of thiazole rings is 1. The Bertz CT molecular complexity index is 942. The lowest BCUT2D eigenvalue weighted by molar-refractivity contribution is 0.0861. The number of carbonyl (C=O) groups excluding carboxylic acids is 1. The molecule has 0 fully saturated rings. The van der Waals surface area contributed by atoms with E-state index in [1.807, 2.05) is 31.2 Å². The van der Waals surface area contributed by atoms with Gasteiger partial charge in [-0.15, -0.1) is 11.3 Å². The molecule has 2 aromatic heterocycles. The molecule has 0 unspecified atom stereocenters. The van der Waals surface area contributed by atoms with E-state index in [9.17, 15) is 9.90 Å². The molecule has 6 nitrogen and oxygen atoms in total. The summed E-state index contributed by atoms with van der Waals surface area (Å²) in [6.45, 7) is 1.96. The molecule has 0 spiro atoms. The Morgan fingerprint density at radius 1 is 1.27 bits per heavy atom. The monoisotopic (exact) mass is 366 g/mol. The molecule has 0 bridgehead atoms. The second-order valence-electron chi connectivity index (χ2n) is 6.14. The van der Waals surface area contributed by atoms with E-state index in [1.165, 1.54) is 11.3 Å². The van der Waals surface area contributed by atoms with Crippen LogP contribution >= 0.6 is 11.3 Å². The van der Waals surface area contributed by atoms with E-state index < -0.39 is 12.1 Å². The number of hydrogen-bond acceptors (Lipinski definition) is 6. The van der Waals surface area contributed by atoms with E-state index in [1.54, 1.807) is 18.5 Å². The van der Waals surface area contributed by atoms with Crippen molar-refractivity contribution in [2.24, 2.45) is 0 Å². The van der Waals surface area contributed by atoms with Crippen LogP contribution in [0.5, 0.6) is 0 Å². The Kier molecular flexibility index (Phi) is 4.48. The topological polar surface area (TPSA) is 88.0 Å². The molecular formula is C19H18N4O2S. The number of aliphatic hydroxyl groups excluding tert-OH is 1. The molecule has 2 N–H and O–H groups in total. The highest BCUT2D eigenvalue weighted by Gasteiger charge is 2.33. The van der Waals surface area contributed by atoms with Crippen molar-refractivity contribution in [3.05, 3.63) is 64.4 Å². The Hall–Kier alpha value is -2.64. The van der Waals surface area contributed by atoms with Crippen LogP contribution in [-0.4, -0.2) is 32.1 Å². The zero-order chi connectivity index (χ0) is 18.1. The van der Waals surface area contributed by atoms with Crippen molar-refractivity contribution in [2.45, 2.75) is 31.9 Å². The molecule has 1 amide bonds. The molecule has 1 aliphatic rings. The van der Waals surface area contributed by atoms with E-state index >= 15 is 0 Å². The minimum atomic E-state index is -0.619. The first kappa shape index (κ1) is 16.8. The van der Waals surface area contributed by atoms with E-state index in [0.29, 0.717) is 28.6 Å². The number of nitrogens with zero attached hydrogens (tertiary/aromatic N) is 3. The Morgan fingerprint density at radius 2 is 2.04 bits per heavy atom.